The van der Waals surface area contributed by atoms with E-state index >= 15 is 0 Å². The predicted octanol–water partition coefficient (Wildman–Crippen LogP) is 3.42. The molecule has 0 radical (unpaired) electrons. The molecule has 0 spiro atoms. The van der Waals surface area contributed by atoms with Crippen molar-refractivity contribution in [3.8, 4) is 0 Å². The summed E-state index contributed by atoms with van der Waals surface area (Å²) in [5.74, 6) is 0.109. The van der Waals surface area contributed by atoms with E-state index < -0.39 is 32.2 Å². The molecule has 0 N–H and O–H groups in total. The Morgan fingerprint density at radius 1 is 1.33 bits per heavy atom. The van der Waals surface area contributed by atoms with Crippen molar-refractivity contribution < 1.29 is 26.5 Å². The molecule has 1 unspecified atom stereocenters. The first-order chi connectivity index (χ1) is 13.8. The summed E-state index contributed by atoms with van der Waals surface area (Å²) in [5, 5.41) is 15.8. The number of aryl methyl sites for hydroxylation is 1. The fourth-order valence-corrected chi connectivity index (χ4v) is 5.43. The van der Waals surface area contributed by atoms with Gasteiger partial charge in [-0.3, -0.25) is 14.8 Å². The maximum absolute atomic E-state index is 12.9. The van der Waals surface area contributed by atoms with Crippen LogP contribution in [0.25, 0.3) is 0 Å². The van der Waals surface area contributed by atoms with Crippen LogP contribution in [-0.4, -0.2) is 41.7 Å². The second kappa shape index (κ2) is 7.56. The topological polar surface area (TPSA) is 98.3 Å². The molecular formula is C18H21F3N4O4S. The van der Waals surface area contributed by atoms with Crippen LogP contribution in [0.15, 0.2) is 18.2 Å². The molecule has 3 rings (SSSR count). The number of benzene rings is 1. The molecule has 1 aromatic heterocycles. The molecule has 8 nitrogen and oxygen atoms in total. The molecule has 1 atom stereocenters. The minimum atomic E-state index is -4.68. The van der Waals surface area contributed by atoms with Gasteiger partial charge in [-0.2, -0.15) is 18.3 Å². The van der Waals surface area contributed by atoms with E-state index in [9.17, 15) is 31.7 Å². The first kappa shape index (κ1) is 22.1. The van der Waals surface area contributed by atoms with E-state index in [1.165, 1.54) is 4.90 Å². The van der Waals surface area contributed by atoms with Crippen molar-refractivity contribution in [1.29, 1.82) is 0 Å². The monoisotopic (exact) mass is 446 g/mol. The molecule has 0 aliphatic carbocycles. The lowest BCUT2D eigenvalue weighted by Gasteiger charge is -2.20. The van der Waals surface area contributed by atoms with Crippen LogP contribution in [0.4, 0.5) is 24.5 Å². The largest absolute Gasteiger partial charge is 0.416 e. The second-order valence-corrected chi connectivity index (χ2v) is 9.69. The summed E-state index contributed by atoms with van der Waals surface area (Å²) >= 11 is 0. The molecule has 1 fully saturated rings. The van der Waals surface area contributed by atoms with Crippen LogP contribution in [-0.2, 0) is 22.6 Å². The zero-order chi connectivity index (χ0) is 22.4. The molecule has 2 aromatic rings. The highest BCUT2D eigenvalue weighted by Gasteiger charge is 2.34. The lowest BCUT2D eigenvalue weighted by Crippen LogP contribution is -2.20. The molecule has 0 amide bonds. The summed E-state index contributed by atoms with van der Waals surface area (Å²) in [6.07, 6.45) is -4.22. The number of hydrogen-bond donors (Lipinski definition) is 0. The first-order valence-electron chi connectivity index (χ1n) is 9.12. The Hall–Kier alpha value is -2.63. The van der Waals surface area contributed by atoms with E-state index in [4.69, 9.17) is 0 Å². The van der Waals surface area contributed by atoms with Crippen molar-refractivity contribution in [2.24, 2.45) is 0 Å². The summed E-state index contributed by atoms with van der Waals surface area (Å²) in [6.45, 7) is 3.70. The molecule has 1 aromatic carbocycles. The van der Waals surface area contributed by atoms with Crippen LogP contribution in [0.1, 0.15) is 35.0 Å². The lowest BCUT2D eigenvalue weighted by atomic mass is 10.1. The van der Waals surface area contributed by atoms with E-state index in [1.54, 1.807) is 25.6 Å². The average Bonchev–Trinajstić information content (AvgIpc) is 3.13. The van der Waals surface area contributed by atoms with Crippen LogP contribution in [0.3, 0.4) is 0 Å². The standard InChI is InChI=1S/C18H21F3N4O4S/c1-11-15(12(2)24(22-11)14-6-7-30(28,29)10-14)9-23(3)16-5-4-13(18(19,20)21)8-17(16)25(26)27/h4-5,8,14H,6-7,9-10H2,1-3H3. The Morgan fingerprint density at radius 2 is 2.00 bits per heavy atom. The lowest BCUT2D eigenvalue weighted by molar-refractivity contribution is -0.384. The molecule has 1 aliphatic rings. The third-order valence-electron chi connectivity index (χ3n) is 5.34. The number of halogens is 3. The number of nitro benzene ring substituents is 1. The Labute approximate surface area is 171 Å². The zero-order valence-electron chi connectivity index (χ0n) is 16.6. The van der Waals surface area contributed by atoms with Gasteiger partial charge in [-0.05, 0) is 32.4 Å². The number of rotatable bonds is 5. The van der Waals surface area contributed by atoms with Gasteiger partial charge in [0.15, 0.2) is 9.84 Å². The minimum Gasteiger partial charge on any atom is -0.365 e. The Kier molecular flexibility index (Phi) is 5.56. The number of aromatic nitrogens is 2. The van der Waals surface area contributed by atoms with Gasteiger partial charge in [0, 0.05) is 30.9 Å². The Morgan fingerprint density at radius 3 is 2.53 bits per heavy atom. The molecule has 12 heteroatoms. The number of hydrogen-bond acceptors (Lipinski definition) is 6. The summed E-state index contributed by atoms with van der Waals surface area (Å²) in [4.78, 5) is 12.0. The second-order valence-electron chi connectivity index (χ2n) is 7.47. The van der Waals surface area contributed by atoms with Gasteiger partial charge < -0.3 is 4.90 Å². The molecule has 0 saturated carbocycles. The molecule has 1 aliphatic heterocycles. The molecule has 1 saturated heterocycles. The van der Waals surface area contributed by atoms with E-state index in [0.29, 0.717) is 18.2 Å². The van der Waals surface area contributed by atoms with Crippen molar-refractivity contribution in [2.75, 3.05) is 23.5 Å². The van der Waals surface area contributed by atoms with E-state index in [0.717, 1.165) is 23.4 Å². The highest BCUT2D eigenvalue weighted by atomic mass is 32.2. The smallest absolute Gasteiger partial charge is 0.365 e. The summed E-state index contributed by atoms with van der Waals surface area (Å²) in [7, 11) is -1.55. The van der Waals surface area contributed by atoms with Crippen LogP contribution in [0, 0.1) is 24.0 Å². The summed E-state index contributed by atoms with van der Waals surface area (Å²) in [6, 6.07) is 2.15. The number of anilines is 1. The van der Waals surface area contributed by atoms with Gasteiger partial charge in [0.25, 0.3) is 5.69 Å². The quantitative estimate of drug-likeness (QED) is 0.516. The molecule has 30 heavy (non-hydrogen) atoms. The summed E-state index contributed by atoms with van der Waals surface area (Å²) in [5.41, 5.74) is 0.430. The zero-order valence-corrected chi connectivity index (χ0v) is 17.4. The maximum Gasteiger partial charge on any atom is 0.416 e. The molecular weight excluding hydrogens is 425 g/mol. The normalized spacial score (nSPS) is 18.5. The van der Waals surface area contributed by atoms with Gasteiger partial charge in [-0.1, -0.05) is 0 Å². The first-order valence-corrected chi connectivity index (χ1v) is 10.9. The van der Waals surface area contributed by atoms with E-state index in [-0.39, 0.29) is 29.8 Å². The van der Waals surface area contributed by atoms with Gasteiger partial charge >= 0.3 is 6.18 Å². The van der Waals surface area contributed by atoms with Crippen LogP contribution in [0.2, 0.25) is 0 Å². The number of nitro groups is 1. The van der Waals surface area contributed by atoms with E-state index in [2.05, 4.69) is 5.10 Å². The number of sulfone groups is 1. The van der Waals surface area contributed by atoms with Crippen molar-refractivity contribution in [2.45, 2.75) is 39.0 Å². The number of nitrogens with zero attached hydrogens (tertiary/aromatic N) is 4. The fourth-order valence-electron chi connectivity index (χ4n) is 3.74. The van der Waals surface area contributed by atoms with Gasteiger partial charge in [-0.15, -0.1) is 0 Å². The van der Waals surface area contributed by atoms with Crippen molar-refractivity contribution in [3.63, 3.8) is 0 Å². The van der Waals surface area contributed by atoms with Gasteiger partial charge in [0.2, 0.25) is 0 Å². The molecule has 164 valence electrons. The highest BCUT2D eigenvalue weighted by molar-refractivity contribution is 7.91. The fraction of sp³-hybridized carbons (Fsp3) is 0.500. The van der Waals surface area contributed by atoms with Crippen molar-refractivity contribution in [1.82, 2.24) is 9.78 Å². The van der Waals surface area contributed by atoms with Gasteiger partial charge in [0.1, 0.15) is 5.69 Å². The Bertz CT molecular complexity index is 1100. The number of alkyl halides is 3. The third-order valence-corrected chi connectivity index (χ3v) is 7.09. The predicted molar refractivity (Wildman–Crippen MR) is 104 cm³/mol. The van der Waals surface area contributed by atoms with Crippen molar-refractivity contribution >= 4 is 21.2 Å². The highest BCUT2D eigenvalue weighted by Crippen LogP contribution is 2.37. The Balaban J connectivity index is 1.92. The van der Waals surface area contributed by atoms with E-state index in [1.807, 2.05) is 0 Å². The minimum absolute atomic E-state index is 0.00855. The van der Waals surface area contributed by atoms with Gasteiger partial charge in [-0.25, -0.2) is 8.42 Å². The average molecular weight is 446 g/mol. The molecule has 2 heterocycles. The third kappa shape index (κ3) is 4.27. The van der Waals surface area contributed by atoms with Crippen molar-refractivity contribution in [3.05, 3.63) is 50.8 Å². The maximum atomic E-state index is 12.9. The molecule has 0 bridgehead atoms. The van der Waals surface area contributed by atoms with Crippen LogP contribution >= 0.6 is 0 Å². The SMILES string of the molecule is Cc1nn(C2CCS(=O)(=O)C2)c(C)c1CN(C)c1ccc(C(F)(F)F)cc1[N+](=O)[O-]. The van der Waals surface area contributed by atoms with Crippen LogP contribution < -0.4 is 4.90 Å². The van der Waals surface area contributed by atoms with Gasteiger partial charge in [0.05, 0.1) is 33.7 Å². The van der Waals surface area contributed by atoms with Crippen LogP contribution in [0.5, 0.6) is 0 Å². The summed E-state index contributed by atoms with van der Waals surface area (Å²) < 4.78 is 64.0.